The van der Waals surface area contributed by atoms with Gasteiger partial charge < -0.3 is 5.32 Å². The summed E-state index contributed by atoms with van der Waals surface area (Å²) >= 11 is 5.23. The monoisotopic (exact) mass is 476 g/mol. The molecule has 0 radical (unpaired) electrons. The maximum atomic E-state index is 12.9. The summed E-state index contributed by atoms with van der Waals surface area (Å²) in [5.41, 5.74) is 2.27. The van der Waals surface area contributed by atoms with Crippen molar-refractivity contribution in [2.45, 2.75) is 4.90 Å². The first kappa shape index (κ1) is 22.4. The van der Waals surface area contributed by atoms with Gasteiger partial charge in [0, 0.05) is 24.3 Å². The Hall–Kier alpha value is -3.82. The highest BCUT2D eigenvalue weighted by molar-refractivity contribution is 7.92. The quantitative estimate of drug-likeness (QED) is 0.420. The van der Waals surface area contributed by atoms with Crippen molar-refractivity contribution in [1.82, 2.24) is 10.3 Å². The van der Waals surface area contributed by atoms with Gasteiger partial charge in [-0.25, -0.2) is 8.42 Å². The molecular formula is C24H20N4O3S2. The smallest absolute Gasteiger partial charge is 0.264 e. The molecule has 1 heterocycles. The molecule has 0 saturated carbocycles. The van der Waals surface area contributed by atoms with Gasteiger partial charge in [-0.15, -0.1) is 0 Å². The van der Waals surface area contributed by atoms with E-state index in [2.05, 4.69) is 15.6 Å². The summed E-state index contributed by atoms with van der Waals surface area (Å²) in [4.78, 5) is 16.9. The predicted molar refractivity (Wildman–Crippen MR) is 134 cm³/mol. The van der Waals surface area contributed by atoms with Crippen molar-refractivity contribution in [3.05, 3.63) is 96.7 Å². The van der Waals surface area contributed by atoms with E-state index in [0.717, 1.165) is 10.9 Å². The summed E-state index contributed by atoms with van der Waals surface area (Å²) in [5, 5.41) is 6.44. The minimum Gasteiger partial charge on any atom is -0.332 e. The number of nitrogens with one attached hydrogen (secondary N) is 2. The molecule has 4 rings (SSSR count). The zero-order valence-corrected chi connectivity index (χ0v) is 19.2. The van der Waals surface area contributed by atoms with Crippen LogP contribution in [0.2, 0.25) is 0 Å². The summed E-state index contributed by atoms with van der Waals surface area (Å²) in [6.45, 7) is 0. The lowest BCUT2D eigenvalue weighted by atomic mass is 10.1. The van der Waals surface area contributed by atoms with Crippen molar-refractivity contribution in [1.29, 1.82) is 0 Å². The molecule has 0 fully saturated rings. The molecule has 0 bridgehead atoms. The van der Waals surface area contributed by atoms with Crippen LogP contribution in [0, 0.1) is 0 Å². The Kier molecular flexibility index (Phi) is 6.34. The molecule has 0 unspecified atom stereocenters. The van der Waals surface area contributed by atoms with E-state index < -0.39 is 15.9 Å². The third-order valence-corrected chi connectivity index (χ3v) is 6.97. The van der Waals surface area contributed by atoms with E-state index in [1.165, 1.54) is 29.7 Å². The first-order chi connectivity index (χ1) is 15.8. The van der Waals surface area contributed by atoms with Crippen LogP contribution < -0.4 is 14.9 Å². The van der Waals surface area contributed by atoms with E-state index in [4.69, 9.17) is 12.2 Å². The number of anilines is 2. The molecular weight excluding hydrogens is 456 g/mol. The number of carbonyl (C=O) groups is 1. The summed E-state index contributed by atoms with van der Waals surface area (Å²) in [6.07, 6.45) is 1.49. The van der Waals surface area contributed by atoms with E-state index >= 15 is 0 Å². The van der Waals surface area contributed by atoms with Crippen LogP contribution in [-0.2, 0) is 10.0 Å². The van der Waals surface area contributed by atoms with Gasteiger partial charge in [-0.05, 0) is 60.7 Å². The van der Waals surface area contributed by atoms with Crippen LogP contribution in [-0.4, -0.2) is 31.5 Å². The van der Waals surface area contributed by atoms with Gasteiger partial charge in [-0.2, -0.15) is 0 Å². The minimum absolute atomic E-state index is 0.0881. The van der Waals surface area contributed by atoms with Gasteiger partial charge in [-0.1, -0.05) is 36.4 Å². The molecule has 166 valence electrons. The number of hydrogen-bond acceptors (Lipinski definition) is 5. The number of fused-ring (bicyclic) bond motifs is 1. The molecule has 7 nitrogen and oxygen atoms in total. The molecule has 0 saturated heterocycles. The number of amides is 1. The highest BCUT2D eigenvalue weighted by Gasteiger charge is 2.21. The Morgan fingerprint density at radius 1 is 0.939 bits per heavy atom. The number of para-hydroxylation sites is 2. The number of rotatable bonds is 5. The Morgan fingerprint density at radius 2 is 1.61 bits per heavy atom. The second kappa shape index (κ2) is 9.35. The van der Waals surface area contributed by atoms with E-state index in [0.29, 0.717) is 16.9 Å². The van der Waals surface area contributed by atoms with Crippen LogP contribution in [0.1, 0.15) is 10.4 Å². The highest BCUT2D eigenvalue weighted by Crippen LogP contribution is 2.23. The molecule has 1 amide bonds. The highest BCUT2D eigenvalue weighted by atomic mass is 32.2. The lowest BCUT2D eigenvalue weighted by Gasteiger charge is -2.19. The van der Waals surface area contributed by atoms with Crippen LogP contribution in [0.4, 0.5) is 11.4 Å². The van der Waals surface area contributed by atoms with Gasteiger partial charge in [0.2, 0.25) is 0 Å². The van der Waals surface area contributed by atoms with E-state index in [9.17, 15) is 13.2 Å². The van der Waals surface area contributed by atoms with Crippen molar-refractivity contribution >= 4 is 55.5 Å². The van der Waals surface area contributed by atoms with E-state index in [1.807, 2.05) is 30.3 Å². The SMILES string of the molecule is CN(c1ccccc1)S(=O)(=O)c1ccc(NC(=S)NC(=O)c2cnc3ccccc3c2)cc1. The maximum Gasteiger partial charge on any atom is 0.264 e. The van der Waals surface area contributed by atoms with Gasteiger partial charge in [0.25, 0.3) is 15.9 Å². The Bertz CT molecular complexity index is 1420. The third-order valence-electron chi connectivity index (χ3n) is 4.97. The molecule has 0 spiro atoms. The molecule has 9 heteroatoms. The molecule has 1 aromatic heterocycles. The fourth-order valence-corrected chi connectivity index (χ4v) is 4.58. The largest absolute Gasteiger partial charge is 0.332 e. The number of benzene rings is 3. The summed E-state index contributed by atoms with van der Waals surface area (Å²) in [6, 6.07) is 24.2. The number of thiocarbonyl (C=S) groups is 1. The fourth-order valence-electron chi connectivity index (χ4n) is 3.18. The zero-order chi connectivity index (χ0) is 23.4. The van der Waals surface area contributed by atoms with Crippen LogP contribution in [0.15, 0.2) is 96.0 Å². The molecule has 0 aliphatic carbocycles. The maximum absolute atomic E-state index is 12.9. The average molecular weight is 477 g/mol. The predicted octanol–water partition coefficient (Wildman–Crippen LogP) is 4.19. The van der Waals surface area contributed by atoms with Crippen molar-refractivity contribution in [2.75, 3.05) is 16.7 Å². The van der Waals surface area contributed by atoms with Crippen LogP contribution in [0.25, 0.3) is 10.9 Å². The number of hydrogen-bond donors (Lipinski definition) is 2. The van der Waals surface area contributed by atoms with Crippen molar-refractivity contribution in [2.24, 2.45) is 0 Å². The second-order valence-electron chi connectivity index (χ2n) is 7.16. The van der Waals surface area contributed by atoms with Gasteiger partial charge in [-0.3, -0.25) is 19.4 Å². The topological polar surface area (TPSA) is 91.4 Å². The summed E-state index contributed by atoms with van der Waals surface area (Å²) < 4.78 is 27.0. The second-order valence-corrected chi connectivity index (χ2v) is 9.53. The molecule has 3 aromatic carbocycles. The molecule has 0 aliphatic heterocycles. The van der Waals surface area contributed by atoms with Crippen molar-refractivity contribution in [3.8, 4) is 0 Å². The lowest BCUT2D eigenvalue weighted by molar-refractivity contribution is 0.0977. The Balaban J connectivity index is 1.42. The van der Waals surface area contributed by atoms with E-state index in [1.54, 1.807) is 42.5 Å². The number of carbonyl (C=O) groups excluding carboxylic acids is 1. The number of aromatic nitrogens is 1. The number of nitrogens with zero attached hydrogens (tertiary/aromatic N) is 2. The molecule has 0 atom stereocenters. The fraction of sp³-hybridized carbons (Fsp3) is 0.0417. The lowest BCUT2D eigenvalue weighted by Crippen LogP contribution is -2.34. The van der Waals surface area contributed by atoms with Crippen LogP contribution in [0.5, 0.6) is 0 Å². The first-order valence-electron chi connectivity index (χ1n) is 9.96. The van der Waals surface area contributed by atoms with Gasteiger partial charge in [0.05, 0.1) is 21.7 Å². The third kappa shape index (κ3) is 5.00. The standard InChI is InChI=1S/C24H20N4O3S2/c1-28(20-8-3-2-4-9-20)33(30,31)21-13-11-19(12-14-21)26-24(32)27-23(29)18-15-17-7-5-6-10-22(17)25-16-18/h2-16H,1H3,(H2,26,27,29,32). The molecule has 33 heavy (non-hydrogen) atoms. The first-order valence-corrected chi connectivity index (χ1v) is 11.8. The van der Waals surface area contributed by atoms with Gasteiger partial charge >= 0.3 is 0 Å². The van der Waals surface area contributed by atoms with Gasteiger partial charge in [0.1, 0.15) is 0 Å². The summed E-state index contributed by atoms with van der Waals surface area (Å²) in [5.74, 6) is -0.394. The normalized spacial score (nSPS) is 11.1. The van der Waals surface area contributed by atoms with Crippen LogP contribution in [0.3, 0.4) is 0 Å². The number of pyridine rings is 1. The zero-order valence-electron chi connectivity index (χ0n) is 17.6. The number of sulfonamides is 1. The Labute approximate surface area is 197 Å². The van der Waals surface area contributed by atoms with E-state index in [-0.39, 0.29) is 10.0 Å². The molecule has 0 aliphatic rings. The summed E-state index contributed by atoms with van der Waals surface area (Å²) in [7, 11) is -2.21. The molecule has 2 N–H and O–H groups in total. The molecule has 4 aromatic rings. The van der Waals surface area contributed by atoms with Crippen LogP contribution >= 0.6 is 12.2 Å². The Morgan fingerprint density at radius 3 is 2.33 bits per heavy atom. The minimum atomic E-state index is -3.71. The average Bonchev–Trinajstić information content (AvgIpc) is 2.84. The van der Waals surface area contributed by atoms with Gasteiger partial charge in [0.15, 0.2) is 5.11 Å². The van der Waals surface area contributed by atoms with Crippen molar-refractivity contribution in [3.63, 3.8) is 0 Å². The van der Waals surface area contributed by atoms with Crippen molar-refractivity contribution < 1.29 is 13.2 Å².